The zero-order valence-corrected chi connectivity index (χ0v) is 32.4. The lowest BCUT2D eigenvalue weighted by Crippen LogP contribution is -2.35. The smallest absolute Gasteiger partial charge is 0.337 e. The van der Waals surface area contributed by atoms with Crippen LogP contribution in [-0.2, 0) is 0 Å². The number of carboxylic acid groups (broad SMARTS) is 2. The van der Waals surface area contributed by atoms with Crippen molar-refractivity contribution in [3.63, 3.8) is 0 Å². The Labute approximate surface area is 348 Å². The first-order valence-corrected chi connectivity index (χ1v) is 18.8. The highest BCUT2D eigenvalue weighted by molar-refractivity contribution is 6.40. The Kier molecular flexibility index (Phi) is 9.99. The molecule has 0 saturated carbocycles. The van der Waals surface area contributed by atoms with Crippen molar-refractivity contribution in [1.82, 2.24) is 10.6 Å². The van der Waals surface area contributed by atoms with Gasteiger partial charge < -0.3 is 40.8 Å². The van der Waals surface area contributed by atoms with Crippen molar-refractivity contribution in [2.75, 3.05) is 18.8 Å². The number of carbonyl (C=O) groups is 4. The van der Waals surface area contributed by atoms with Gasteiger partial charge in [-0.15, -0.1) is 0 Å². The van der Waals surface area contributed by atoms with E-state index in [1.54, 1.807) is 42.5 Å². The van der Waals surface area contributed by atoms with Crippen LogP contribution < -0.4 is 37.0 Å². The summed E-state index contributed by atoms with van der Waals surface area (Å²) in [7, 11) is 0. The molecular weight excluding hydrogens is 813 g/mol. The van der Waals surface area contributed by atoms with Crippen LogP contribution >= 0.6 is 23.2 Å². The lowest BCUT2D eigenvalue weighted by Gasteiger charge is -2.24. The molecule has 2 heterocycles. The maximum Gasteiger partial charge on any atom is 0.337 e. The van der Waals surface area contributed by atoms with E-state index >= 15 is 0 Å². The Morgan fingerprint density at radius 1 is 0.717 bits per heavy atom. The van der Waals surface area contributed by atoms with Gasteiger partial charge in [0.1, 0.15) is 28.6 Å². The van der Waals surface area contributed by atoms with Crippen molar-refractivity contribution >= 4 is 75.8 Å². The average Bonchev–Trinajstić information content (AvgIpc) is 3.20. The summed E-state index contributed by atoms with van der Waals surface area (Å²) < 4.78 is 12.0. The molecule has 0 spiro atoms. The van der Waals surface area contributed by atoms with Gasteiger partial charge in [-0.05, 0) is 71.4 Å². The minimum Gasteiger partial charge on any atom is -0.508 e. The summed E-state index contributed by atoms with van der Waals surface area (Å²) in [6.07, 6.45) is 0. The second kappa shape index (κ2) is 15.3. The van der Waals surface area contributed by atoms with Crippen LogP contribution in [0, 0.1) is 0 Å². The van der Waals surface area contributed by atoms with Crippen LogP contribution in [0.4, 0.5) is 5.69 Å². The van der Waals surface area contributed by atoms with Gasteiger partial charge in [-0.1, -0.05) is 48.0 Å². The van der Waals surface area contributed by atoms with Crippen molar-refractivity contribution in [3.8, 4) is 39.7 Å². The van der Waals surface area contributed by atoms with Crippen molar-refractivity contribution in [2.45, 2.75) is 0 Å². The van der Waals surface area contributed by atoms with Crippen LogP contribution in [0.1, 0.15) is 52.6 Å². The molecule has 0 radical (unpaired) electrons. The fourth-order valence-corrected chi connectivity index (χ4v) is 7.85. The number of fused-ring (bicyclic) bond motifs is 4. The molecular formula is C45H29Cl2N3O10. The van der Waals surface area contributed by atoms with Gasteiger partial charge >= 0.3 is 11.9 Å². The maximum absolute atomic E-state index is 13.5. The van der Waals surface area contributed by atoms with E-state index < -0.39 is 29.3 Å². The molecule has 7 N–H and O–H groups in total. The monoisotopic (exact) mass is 841 g/mol. The van der Waals surface area contributed by atoms with Gasteiger partial charge in [0.15, 0.2) is 5.43 Å². The third kappa shape index (κ3) is 7.01. The van der Waals surface area contributed by atoms with E-state index in [4.69, 9.17) is 38.1 Å². The largest absolute Gasteiger partial charge is 0.508 e. The van der Waals surface area contributed by atoms with Crippen molar-refractivity contribution in [3.05, 3.63) is 161 Å². The lowest BCUT2D eigenvalue weighted by molar-refractivity contribution is 0.0686. The standard InChI is InChI=1S/C45H29Cl2N3O10/c1-20-2-7-28-33(14-20)59-34-16-22(48)4-9-29(34)38(28)39-32(46)19-31(41(47)40(39)45(57)58)43(54)50-13-12-49-42(53)21-3-8-25(30(15-21)44(55)56)37-26-10-5-23(51)17-35(26)60-36-18-24(52)6-11-27(36)37/h2-11,14-19,51H,1,12-13,48H2,(H,49,53)(H,50,54)(H,55,56)(H,57,58). The van der Waals surface area contributed by atoms with E-state index in [-0.39, 0.29) is 73.5 Å². The summed E-state index contributed by atoms with van der Waals surface area (Å²) >= 11 is 13.5. The number of hydrogen-bond acceptors (Lipinski definition) is 9. The molecule has 60 heavy (non-hydrogen) atoms. The van der Waals surface area contributed by atoms with Gasteiger partial charge in [0.05, 0.1) is 26.7 Å². The molecule has 0 saturated heterocycles. The number of amides is 2. The van der Waals surface area contributed by atoms with Crippen LogP contribution in [0.15, 0.2) is 106 Å². The number of halogens is 2. The molecule has 0 atom stereocenters. The maximum atomic E-state index is 13.5. The number of benzene rings is 6. The third-order valence-electron chi connectivity index (χ3n) is 9.89. The Morgan fingerprint density at radius 2 is 1.45 bits per heavy atom. The van der Waals surface area contributed by atoms with Gasteiger partial charge in [-0.2, -0.15) is 0 Å². The number of ether oxygens (including phenoxy) is 1. The summed E-state index contributed by atoms with van der Waals surface area (Å²) in [5, 5.41) is 37.2. The quantitative estimate of drug-likeness (QED) is 0.0525. The van der Waals surface area contributed by atoms with E-state index in [2.05, 4.69) is 17.2 Å². The van der Waals surface area contributed by atoms with Gasteiger partial charge in [0.25, 0.3) is 11.8 Å². The first-order chi connectivity index (χ1) is 28.7. The topological polar surface area (TPSA) is 218 Å². The van der Waals surface area contributed by atoms with Crippen molar-refractivity contribution in [2.24, 2.45) is 0 Å². The number of anilines is 1. The molecule has 298 valence electrons. The molecule has 0 fully saturated rings. The third-order valence-corrected chi connectivity index (χ3v) is 10.6. The Balaban J connectivity index is 1.04. The number of aromatic carboxylic acids is 2. The lowest BCUT2D eigenvalue weighted by atomic mass is 9.88. The van der Waals surface area contributed by atoms with E-state index in [0.29, 0.717) is 55.3 Å². The number of phenols is 1. The number of rotatable bonds is 9. The molecule has 0 unspecified atom stereocenters. The second-order valence-corrected chi connectivity index (χ2v) is 14.5. The number of nitrogens with two attached hydrogens (primary N) is 1. The van der Waals surface area contributed by atoms with Crippen molar-refractivity contribution in [1.29, 1.82) is 0 Å². The van der Waals surface area contributed by atoms with Crippen molar-refractivity contribution < 1.29 is 43.7 Å². The summed E-state index contributed by atoms with van der Waals surface area (Å²) in [6.45, 7) is 3.68. The van der Waals surface area contributed by atoms with Crippen LogP contribution in [0.3, 0.4) is 0 Å². The van der Waals surface area contributed by atoms with Gasteiger partial charge in [0, 0.05) is 81.0 Å². The number of carbonyl (C=O) groups excluding carboxylic acids is 2. The van der Waals surface area contributed by atoms with Crippen LogP contribution in [0.5, 0.6) is 17.2 Å². The Morgan fingerprint density at radius 3 is 2.20 bits per heavy atom. The number of nitrogen functional groups attached to an aromatic ring is 1. The normalized spacial score (nSPS) is 11.7. The molecule has 2 amide bonds. The fourth-order valence-electron chi connectivity index (χ4n) is 7.24. The summed E-state index contributed by atoms with van der Waals surface area (Å²) in [4.78, 5) is 64.4. The summed E-state index contributed by atoms with van der Waals surface area (Å²) in [5.74, 6) is -3.42. The van der Waals surface area contributed by atoms with Crippen LogP contribution in [0.2, 0.25) is 10.0 Å². The number of nitrogens with one attached hydrogen (secondary N) is 2. The molecule has 0 aromatic heterocycles. The highest BCUT2D eigenvalue weighted by Gasteiger charge is 2.31. The predicted molar refractivity (Wildman–Crippen MR) is 225 cm³/mol. The highest BCUT2D eigenvalue weighted by atomic mass is 35.5. The fraction of sp³-hybridized carbons (Fsp3) is 0.0444. The number of phenolic OH excluding ortho intramolecular Hbond substituents is 1. The number of aromatic hydroxyl groups is 1. The molecule has 13 nitrogen and oxygen atoms in total. The predicted octanol–water partition coefficient (Wildman–Crippen LogP) is 6.48. The Bertz CT molecular complexity index is 3180. The minimum absolute atomic E-state index is 0.00409. The van der Waals surface area contributed by atoms with Gasteiger partial charge in [-0.25, -0.2) is 9.59 Å². The van der Waals surface area contributed by atoms with E-state index in [1.807, 2.05) is 0 Å². The number of carboxylic acids is 2. The molecule has 0 bridgehead atoms. The zero-order valence-electron chi connectivity index (χ0n) is 30.9. The Hall–Kier alpha value is -7.61. The molecule has 5 aromatic carbocycles. The second-order valence-electron chi connectivity index (χ2n) is 13.7. The first kappa shape index (κ1) is 39.2. The average molecular weight is 843 g/mol. The van der Waals surface area contributed by atoms with E-state index in [9.17, 15) is 39.3 Å². The number of hydrogen-bond donors (Lipinski definition) is 6. The van der Waals surface area contributed by atoms with Crippen LogP contribution in [-0.4, -0.2) is 52.2 Å². The molecule has 5 aromatic rings. The molecule has 3 aliphatic rings. The molecule has 2 aliphatic heterocycles. The summed E-state index contributed by atoms with van der Waals surface area (Å²) in [6, 6.07) is 23.8. The highest BCUT2D eigenvalue weighted by Crippen LogP contribution is 2.44. The molecule has 1 aliphatic carbocycles. The van der Waals surface area contributed by atoms with Crippen LogP contribution in [0.25, 0.3) is 45.6 Å². The zero-order chi connectivity index (χ0) is 42.6. The van der Waals surface area contributed by atoms with Gasteiger partial charge in [0.2, 0.25) is 0 Å². The first-order valence-electron chi connectivity index (χ1n) is 18.0. The SMILES string of the molecule is C=c1ccc2c(c1)Oc1cc(N)ccc1C=2c1c(Cl)cc(C(=O)NCCNC(=O)c2ccc(-c3c4ccc(=O)cc-4oc4cc(O)ccc34)c(C(=O)O)c2)c(Cl)c1C(=O)O. The molecule has 8 rings (SSSR count). The minimum atomic E-state index is -1.45. The molecule has 15 heteroatoms. The summed E-state index contributed by atoms with van der Waals surface area (Å²) in [5.41, 5.74) is 7.42. The van der Waals surface area contributed by atoms with E-state index in [0.717, 1.165) is 0 Å². The van der Waals surface area contributed by atoms with Gasteiger partial charge in [-0.3, -0.25) is 14.4 Å². The van der Waals surface area contributed by atoms with E-state index in [1.165, 1.54) is 54.6 Å².